The molecule has 0 saturated carbocycles. The first kappa shape index (κ1) is 12.1. The molecule has 1 unspecified atom stereocenters. The lowest BCUT2D eigenvalue weighted by Crippen LogP contribution is -2.47. The van der Waals surface area contributed by atoms with Gasteiger partial charge in [-0.15, -0.1) is 0 Å². The van der Waals surface area contributed by atoms with Gasteiger partial charge < -0.3 is 0 Å². The Kier molecular flexibility index (Phi) is 3.21. The highest BCUT2D eigenvalue weighted by atomic mass is 15.3. The molecule has 0 spiro atoms. The molecule has 1 saturated heterocycles. The van der Waals surface area contributed by atoms with Crippen LogP contribution in [0.2, 0.25) is 0 Å². The first-order chi connectivity index (χ1) is 8.02. The van der Waals surface area contributed by atoms with Gasteiger partial charge in [0, 0.05) is 12.1 Å². The van der Waals surface area contributed by atoms with Gasteiger partial charge in [-0.1, -0.05) is 0 Å². The van der Waals surface area contributed by atoms with Crippen molar-refractivity contribution < 1.29 is 0 Å². The first-order valence-corrected chi connectivity index (χ1v) is 6.21. The fraction of sp³-hybridized carbons (Fsp3) is 0.692. The van der Waals surface area contributed by atoms with Crippen LogP contribution in [-0.4, -0.2) is 33.3 Å². The summed E-state index contributed by atoms with van der Waals surface area (Å²) >= 11 is 0. The van der Waals surface area contributed by atoms with E-state index < -0.39 is 0 Å². The molecule has 1 aromatic rings. The van der Waals surface area contributed by atoms with Crippen molar-refractivity contribution in [3.8, 4) is 6.07 Å². The predicted octanol–water partition coefficient (Wildman–Crippen LogP) is 2.19. The minimum atomic E-state index is 0.193. The molecule has 1 aliphatic heterocycles. The molecule has 1 fully saturated rings. The average molecular weight is 232 g/mol. The Morgan fingerprint density at radius 3 is 2.88 bits per heavy atom. The van der Waals surface area contributed by atoms with E-state index in [0.717, 1.165) is 19.5 Å². The molecule has 2 rings (SSSR count). The van der Waals surface area contributed by atoms with Gasteiger partial charge in [-0.25, -0.2) is 0 Å². The van der Waals surface area contributed by atoms with Gasteiger partial charge in [0.2, 0.25) is 0 Å². The molecular formula is C13H20N4. The number of hydrogen-bond donors (Lipinski definition) is 0. The van der Waals surface area contributed by atoms with Gasteiger partial charge in [0.05, 0.1) is 12.2 Å². The molecule has 0 aromatic carbocycles. The third-order valence-electron chi connectivity index (χ3n) is 3.48. The van der Waals surface area contributed by atoms with Crippen LogP contribution >= 0.6 is 0 Å². The molecule has 0 radical (unpaired) electrons. The SMILES string of the molecule is CC(C)(C)N1CCCC(n2nccc2C#N)C1. The van der Waals surface area contributed by atoms with Gasteiger partial charge in [-0.3, -0.25) is 9.58 Å². The molecule has 4 nitrogen and oxygen atoms in total. The Morgan fingerprint density at radius 2 is 2.24 bits per heavy atom. The van der Waals surface area contributed by atoms with Gasteiger partial charge in [0.1, 0.15) is 11.8 Å². The van der Waals surface area contributed by atoms with Crippen molar-refractivity contribution in [2.24, 2.45) is 0 Å². The second-order valence-corrected chi connectivity index (χ2v) is 5.69. The zero-order chi connectivity index (χ0) is 12.5. The number of aromatic nitrogens is 2. The molecular weight excluding hydrogens is 212 g/mol. The normalized spacial score (nSPS) is 22.4. The Balaban J connectivity index is 2.16. The predicted molar refractivity (Wildman–Crippen MR) is 66.5 cm³/mol. The van der Waals surface area contributed by atoms with E-state index in [1.165, 1.54) is 6.42 Å². The van der Waals surface area contributed by atoms with Crippen molar-refractivity contribution in [3.63, 3.8) is 0 Å². The highest BCUT2D eigenvalue weighted by Crippen LogP contribution is 2.27. The summed E-state index contributed by atoms with van der Waals surface area (Å²) in [6.07, 6.45) is 4.00. The largest absolute Gasteiger partial charge is 0.296 e. The molecule has 0 aliphatic carbocycles. The zero-order valence-corrected chi connectivity index (χ0v) is 10.8. The van der Waals surface area contributed by atoms with Crippen molar-refractivity contribution in [2.45, 2.75) is 45.2 Å². The topological polar surface area (TPSA) is 44.9 Å². The van der Waals surface area contributed by atoms with E-state index in [2.05, 4.69) is 36.8 Å². The van der Waals surface area contributed by atoms with E-state index in [1.54, 1.807) is 12.3 Å². The minimum absolute atomic E-state index is 0.193. The number of nitrogens with zero attached hydrogens (tertiary/aromatic N) is 4. The lowest BCUT2D eigenvalue weighted by molar-refractivity contribution is 0.0782. The highest BCUT2D eigenvalue weighted by Gasteiger charge is 2.29. The Hall–Kier alpha value is -1.34. The van der Waals surface area contributed by atoms with Crippen LogP contribution in [0.25, 0.3) is 0 Å². The minimum Gasteiger partial charge on any atom is -0.296 e. The van der Waals surface area contributed by atoms with Gasteiger partial charge >= 0.3 is 0 Å². The maximum absolute atomic E-state index is 9.04. The third-order valence-corrected chi connectivity index (χ3v) is 3.48. The van der Waals surface area contributed by atoms with Crippen molar-refractivity contribution in [3.05, 3.63) is 18.0 Å². The summed E-state index contributed by atoms with van der Waals surface area (Å²) in [6, 6.07) is 4.34. The quantitative estimate of drug-likeness (QED) is 0.745. The molecule has 0 N–H and O–H groups in total. The van der Waals surface area contributed by atoms with Crippen molar-refractivity contribution >= 4 is 0 Å². The fourth-order valence-electron chi connectivity index (χ4n) is 2.46. The summed E-state index contributed by atoms with van der Waals surface area (Å²) in [6.45, 7) is 8.85. The van der Waals surface area contributed by atoms with Gasteiger partial charge in [0.15, 0.2) is 0 Å². The van der Waals surface area contributed by atoms with E-state index >= 15 is 0 Å². The summed E-state index contributed by atoms with van der Waals surface area (Å²) in [7, 11) is 0. The summed E-state index contributed by atoms with van der Waals surface area (Å²) in [5.74, 6) is 0. The van der Waals surface area contributed by atoms with Gasteiger partial charge in [0.25, 0.3) is 0 Å². The average Bonchev–Trinajstić information content (AvgIpc) is 2.76. The summed E-state index contributed by atoms with van der Waals surface area (Å²) in [4.78, 5) is 2.48. The molecule has 1 atom stereocenters. The van der Waals surface area contributed by atoms with E-state index in [9.17, 15) is 0 Å². The molecule has 4 heteroatoms. The molecule has 2 heterocycles. The maximum atomic E-state index is 9.04. The van der Waals surface area contributed by atoms with Crippen LogP contribution in [0.15, 0.2) is 12.3 Å². The summed E-state index contributed by atoms with van der Waals surface area (Å²) in [5, 5.41) is 13.3. The van der Waals surface area contributed by atoms with E-state index in [1.807, 2.05) is 4.68 Å². The van der Waals surface area contributed by atoms with E-state index in [-0.39, 0.29) is 5.54 Å². The first-order valence-electron chi connectivity index (χ1n) is 6.21. The van der Waals surface area contributed by atoms with Crippen LogP contribution in [0.4, 0.5) is 0 Å². The highest BCUT2D eigenvalue weighted by molar-refractivity contribution is 5.19. The molecule has 92 valence electrons. The van der Waals surface area contributed by atoms with Crippen LogP contribution in [0.3, 0.4) is 0 Å². The van der Waals surface area contributed by atoms with Gasteiger partial charge in [-0.05, 0) is 46.2 Å². The summed E-state index contributed by atoms with van der Waals surface area (Å²) < 4.78 is 1.89. The fourth-order valence-corrected chi connectivity index (χ4v) is 2.46. The molecule has 1 aliphatic rings. The Morgan fingerprint density at radius 1 is 1.47 bits per heavy atom. The second-order valence-electron chi connectivity index (χ2n) is 5.69. The van der Waals surface area contributed by atoms with Crippen molar-refractivity contribution in [2.75, 3.05) is 13.1 Å². The second kappa shape index (κ2) is 4.50. The van der Waals surface area contributed by atoms with Crippen LogP contribution < -0.4 is 0 Å². The van der Waals surface area contributed by atoms with Crippen LogP contribution in [0.5, 0.6) is 0 Å². The van der Waals surface area contributed by atoms with Gasteiger partial charge in [-0.2, -0.15) is 10.4 Å². The Labute approximate surface area is 103 Å². The van der Waals surface area contributed by atoms with Crippen LogP contribution in [0.1, 0.15) is 45.3 Å². The molecule has 0 amide bonds. The van der Waals surface area contributed by atoms with E-state index in [4.69, 9.17) is 5.26 Å². The molecule has 17 heavy (non-hydrogen) atoms. The smallest absolute Gasteiger partial charge is 0.138 e. The zero-order valence-electron chi connectivity index (χ0n) is 10.8. The molecule has 1 aromatic heterocycles. The number of rotatable bonds is 1. The number of likely N-dealkylation sites (tertiary alicyclic amines) is 1. The number of piperidine rings is 1. The monoisotopic (exact) mass is 232 g/mol. The maximum Gasteiger partial charge on any atom is 0.138 e. The van der Waals surface area contributed by atoms with E-state index in [0.29, 0.717) is 11.7 Å². The third kappa shape index (κ3) is 2.50. The molecule has 0 bridgehead atoms. The van der Waals surface area contributed by atoms with Crippen molar-refractivity contribution in [1.29, 1.82) is 5.26 Å². The number of nitriles is 1. The lowest BCUT2D eigenvalue weighted by atomic mass is 9.98. The Bertz CT molecular complexity index is 421. The van der Waals surface area contributed by atoms with Crippen LogP contribution in [-0.2, 0) is 0 Å². The van der Waals surface area contributed by atoms with Crippen LogP contribution in [0, 0.1) is 11.3 Å². The summed E-state index contributed by atoms with van der Waals surface area (Å²) in [5.41, 5.74) is 0.865. The number of hydrogen-bond acceptors (Lipinski definition) is 3. The standard InChI is InChI=1S/C13H20N4/c1-13(2,3)16-8-4-5-12(10-16)17-11(9-14)6-7-15-17/h6-7,12H,4-5,8,10H2,1-3H3. The van der Waals surface area contributed by atoms with Crippen molar-refractivity contribution in [1.82, 2.24) is 14.7 Å². The lowest BCUT2D eigenvalue weighted by Gasteiger charge is -2.41.